The van der Waals surface area contributed by atoms with Crippen molar-refractivity contribution in [2.45, 2.75) is 0 Å². The fourth-order valence-electron chi connectivity index (χ4n) is 9.49. The van der Waals surface area contributed by atoms with E-state index in [2.05, 4.69) is 168 Å². The first-order valence-corrected chi connectivity index (χ1v) is 19.1. The van der Waals surface area contributed by atoms with E-state index in [1.165, 1.54) is 53.9 Å². The topological polar surface area (TPSA) is 43.9 Å². The molecule has 0 amide bonds. The number of nitrogens with zero attached hydrogens (tertiary/aromatic N) is 3. The van der Waals surface area contributed by atoms with Crippen molar-refractivity contribution >= 4 is 109 Å². The average molecular weight is 712 g/mol. The van der Waals surface area contributed by atoms with Gasteiger partial charge in [0.15, 0.2) is 5.82 Å². The van der Waals surface area contributed by atoms with Gasteiger partial charge in [-0.05, 0) is 74.1 Å². The van der Waals surface area contributed by atoms with Crippen LogP contribution >= 0.6 is 0 Å². The van der Waals surface area contributed by atoms with Crippen LogP contribution in [0.25, 0.3) is 126 Å². The largest absolute Gasteiger partial charge is 0.456 e. The summed E-state index contributed by atoms with van der Waals surface area (Å²) in [5.41, 5.74) is 7.46. The molecule has 56 heavy (non-hydrogen) atoms. The van der Waals surface area contributed by atoms with Crippen LogP contribution in [0.2, 0.25) is 0 Å². The summed E-state index contributed by atoms with van der Waals surface area (Å²) in [6.07, 6.45) is 0. The van der Waals surface area contributed by atoms with E-state index in [0.29, 0.717) is 0 Å². The molecular weight excluding hydrogens is 683 g/mol. The number of para-hydroxylation sites is 1. The monoisotopic (exact) mass is 711 g/mol. The Morgan fingerprint density at radius 2 is 0.982 bits per heavy atom. The van der Waals surface area contributed by atoms with Crippen LogP contribution in [0.4, 0.5) is 0 Å². The summed E-state index contributed by atoms with van der Waals surface area (Å²) < 4.78 is 8.70. The van der Waals surface area contributed by atoms with Gasteiger partial charge in [0.2, 0.25) is 0 Å². The molecule has 13 aromatic rings. The summed E-state index contributed by atoms with van der Waals surface area (Å²) in [5.74, 6) is 0.792. The van der Waals surface area contributed by atoms with Gasteiger partial charge in [-0.3, -0.25) is 4.57 Å². The zero-order valence-corrected chi connectivity index (χ0v) is 30.0. The van der Waals surface area contributed by atoms with Gasteiger partial charge in [-0.15, -0.1) is 0 Å². The van der Waals surface area contributed by atoms with Gasteiger partial charge in [-0.25, -0.2) is 9.97 Å². The van der Waals surface area contributed by atoms with E-state index < -0.39 is 0 Å². The Kier molecular flexibility index (Phi) is 5.86. The second-order valence-electron chi connectivity index (χ2n) is 14.9. The number of furan rings is 1. The molecule has 0 unspecified atom stereocenters. The normalized spacial score (nSPS) is 12.3. The highest BCUT2D eigenvalue weighted by atomic mass is 16.3. The third-order valence-electron chi connectivity index (χ3n) is 11.9. The summed E-state index contributed by atoms with van der Waals surface area (Å²) in [6, 6.07) is 63.0. The maximum atomic E-state index is 6.30. The van der Waals surface area contributed by atoms with Crippen LogP contribution in [0, 0.1) is 0 Å². The lowest BCUT2D eigenvalue weighted by Gasteiger charge is -2.16. The first-order valence-electron chi connectivity index (χ1n) is 19.1. The molecule has 0 radical (unpaired) electrons. The molecule has 0 bridgehead atoms. The van der Waals surface area contributed by atoms with E-state index in [0.717, 1.165) is 71.9 Å². The van der Waals surface area contributed by atoms with Crippen LogP contribution in [0.3, 0.4) is 0 Å². The number of fused-ring (bicyclic) bond motifs is 18. The number of aromatic nitrogens is 3. The van der Waals surface area contributed by atoms with Crippen LogP contribution < -0.4 is 0 Å². The summed E-state index contributed by atoms with van der Waals surface area (Å²) in [5, 5.41) is 16.6. The van der Waals surface area contributed by atoms with Crippen molar-refractivity contribution in [2.24, 2.45) is 0 Å². The van der Waals surface area contributed by atoms with Crippen molar-refractivity contribution < 1.29 is 4.42 Å². The number of rotatable bonds is 2. The van der Waals surface area contributed by atoms with Gasteiger partial charge in [0.25, 0.3) is 0 Å². The standard InChI is InChI=1S/C52H29N3O/c1-3-13-33-30(11-1)22-26-43-50(33)54-49(32-23-28-46-42(29-32)38-18-9-10-20-45(38)56-46)52(53-43)55-44-27-25-40-37-17-6-5-15-35(37)36-16-7-8-19-39(36)47(40)48(44)41-24-21-31-12-2-4-14-34(31)51(41)55/h1-29H. The molecule has 3 aromatic heterocycles. The molecule has 0 aliphatic heterocycles. The van der Waals surface area contributed by atoms with Gasteiger partial charge >= 0.3 is 0 Å². The Balaban J connectivity index is 1.25. The molecule has 0 saturated heterocycles. The fraction of sp³-hybridized carbons (Fsp3) is 0. The van der Waals surface area contributed by atoms with Gasteiger partial charge < -0.3 is 4.42 Å². The molecule has 4 heteroatoms. The van der Waals surface area contributed by atoms with Crippen LogP contribution in [0.1, 0.15) is 0 Å². The van der Waals surface area contributed by atoms with E-state index in [9.17, 15) is 0 Å². The van der Waals surface area contributed by atoms with Gasteiger partial charge in [0, 0.05) is 43.3 Å². The Labute approximate surface area is 319 Å². The summed E-state index contributed by atoms with van der Waals surface area (Å²) in [4.78, 5) is 11.3. The maximum Gasteiger partial charge on any atom is 0.165 e. The van der Waals surface area contributed by atoms with E-state index in [-0.39, 0.29) is 0 Å². The molecule has 4 nitrogen and oxygen atoms in total. The molecule has 0 saturated carbocycles. The molecule has 0 N–H and O–H groups in total. The molecule has 0 spiro atoms. The molecule has 0 atom stereocenters. The fourth-order valence-corrected chi connectivity index (χ4v) is 9.49. The van der Waals surface area contributed by atoms with E-state index in [4.69, 9.17) is 14.4 Å². The predicted octanol–water partition coefficient (Wildman–Crippen LogP) is 14.1. The molecule has 3 heterocycles. The highest BCUT2D eigenvalue weighted by Crippen LogP contribution is 2.46. The Morgan fingerprint density at radius 1 is 0.393 bits per heavy atom. The van der Waals surface area contributed by atoms with Crippen LogP contribution in [0.5, 0.6) is 0 Å². The Morgan fingerprint density at radius 3 is 1.79 bits per heavy atom. The molecule has 13 rings (SSSR count). The first kappa shape index (κ1) is 29.8. The van der Waals surface area contributed by atoms with Gasteiger partial charge in [-0.2, -0.15) is 0 Å². The summed E-state index contributed by atoms with van der Waals surface area (Å²) in [7, 11) is 0. The van der Waals surface area contributed by atoms with Crippen molar-refractivity contribution in [3.05, 3.63) is 176 Å². The van der Waals surface area contributed by atoms with Crippen LogP contribution in [-0.2, 0) is 0 Å². The predicted molar refractivity (Wildman–Crippen MR) is 234 cm³/mol. The van der Waals surface area contributed by atoms with Crippen molar-refractivity contribution in [1.82, 2.24) is 14.5 Å². The van der Waals surface area contributed by atoms with Gasteiger partial charge in [0.1, 0.15) is 16.9 Å². The van der Waals surface area contributed by atoms with E-state index in [1.54, 1.807) is 0 Å². The summed E-state index contributed by atoms with van der Waals surface area (Å²) >= 11 is 0. The van der Waals surface area contributed by atoms with E-state index in [1.807, 2.05) is 12.1 Å². The van der Waals surface area contributed by atoms with E-state index >= 15 is 0 Å². The molecule has 0 fully saturated rings. The second-order valence-corrected chi connectivity index (χ2v) is 14.9. The maximum absolute atomic E-state index is 6.30. The summed E-state index contributed by atoms with van der Waals surface area (Å²) in [6.45, 7) is 0. The number of benzene rings is 10. The lowest BCUT2D eigenvalue weighted by molar-refractivity contribution is 0.669. The van der Waals surface area contributed by atoms with Crippen molar-refractivity contribution in [3.63, 3.8) is 0 Å². The third kappa shape index (κ3) is 3.97. The Bertz CT molecular complexity index is 3800. The Hall–Kier alpha value is -7.56. The number of hydrogen-bond acceptors (Lipinski definition) is 3. The molecule has 0 aliphatic carbocycles. The minimum Gasteiger partial charge on any atom is -0.456 e. The molecular formula is C52H29N3O. The zero-order valence-electron chi connectivity index (χ0n) is 30.0. The lowest BCUT2D eigenvalue weighted by atomic mass is 9.91. The van der Waals surface area contributed by atoms with Crippen molar-refractivity contribution in [3.8, 4) is 17.1 Å². The third-order valence-corrected chi connectivity index (χ3v) is 11.9. The van der Waals surface area contributed by atoms with Gasteiger partial charge in [0.05, 0.1) is 22.1 Å². The van der Waals surface area contributed by atoms with Crippen LogP contribution in [-0.4, -0.2) is 14.5 Å². The minimum atomic E-state index is 0.792. The zero-order chi connectivity index (χ0) is 36.5. The number of hydrogen-bond donors (Lipinski definition) is 0. The quantitative estimate of drug-likeness (QED) is 0.168. The first-order chi connectivity index (χ1) is 27.8. The lowest BCUT2D eigenvalue weighted by Crippen LogP contribution is -2.04. The molecule has 0 aliphatic rings. The highest BCUT2D eigenvalue weighted by Gasteiger charge is 2.24. The van der Waals surface area contributed by atoms with Crippen molar-refractivity contribution in [1.29, 1.82) is 0 Å². The highest BCUT2D eigenvalue weighted by molar-refractivity contribution is 6.36. The molecule has 258 valence electrons. The van der Waals surface area contributed by atoms with Gasteiger partial charge in [-0.1, -0.05) is 140 Å². The molecule has 10 aromatic carbocycles. The second kappa shape index (κ2) is 11.0. The van der Waals surface area contributed by atoms with Crippen molar-refractivity contribution in [2.75, 3.05) is 0 Å². The minimum absolute atomic E-state index is 0.792. The average Bonchev–Trinajstić information content (AvgIpc) is 3.81. The SMILES string of the molecule is c1ccc2c(c1)ccc1nc(-n3c4ccc5c6ccccc6c6ccccc6c5c4c4ccc5ccccc5c43)c(-c3ccc4oc5ccccc5c4c3)nc12. The van der Waals surface area contributed by atoms with Crippen LogP contribution in [0.15, 0.2) is 180 Å². The smallest absolute Gasteiger partial charge is 0.165 e.